The van der Waals surface area contributed by atoms with Gasteiger partial charge in [-0.25, -0.2) is 21.2 Å². The van der Waals surface area contributed by atoms with Crippen LogP contribution in [0.2, 0.25) is 0 Å². The average Bonchev–Trinajstić information content (AvgIpc) is 2.98. The van der Waals surface area contributed by atoms with Crippen LogP contribution in [0.5, 0.6) is 0 Å². The fourth-order valence-electron chi connectivity index (χ4n) is 4.28. The van der Waals surface area contributed by atoms with Crippen LogP contribution in [-0.2, 0) is 31.2 Å². The van der Waals surface area contributed by atoms with Crippen molar-refractivity contribution in [1.82, 2.24) is 9.88 Å². The molecule has 0 fully saturated rings. The summed E-state index contributed by atoms with van der Waals surface area (Å²) < 4.78 is 64.8. The summed E-state index contributed by atoms with van der Waals surface area (Å²) in [5, 5.41) is 14.9. The largest absolute Gasteiger partial charge is 0.509 e. The molecule has 0 aliphatic carbocycles. The lowest BCUT2D eigenvalue weighted by atomic mass is 9.85. The van der Waals surface area contributed by atoms with E-state index >= 15 is 0 Å². The minimum Gasteiger partial charge on any atom is -0.509 e. The standard InChI is InChI=1S/C23H25FN4O6S2/c1-23(2,3)21-20(29)19(22(30)28(21)11-15-6-5-13(24)10-25-15)17-12-36(33,34)18-9-14(27-35(4,31)32)7-8-16(18)26-17/h5-10,12,21,26-27,29H,11H2,1-4H3/t21-/m1/s1. The average molecular weight is 537 g/mol. The summed E-state index contributed by atoms with van der Waals surface area (Å²) in [4.78, 5) is 18.7. The zero-order valence-corrected chi connectivity index (χ0v) is 21.5. The highest BCUT2D eigenvalue weighted by molar-refractivity contribution is 7.94. The number of amides is 1. The zero-order chi connectivity index (χ0) is 26.6. The number of nitrogens with one attached hydrogen (secondary N) is 2. The summed E-state index contributed by atoms with van der Waals surface area (Å²) in [5.41, 5.74) is -0.390. The Morgan fingerprint density at radius 2 is 1.92 bits per heavy atom. The van der Waals surface area contributed by atoms with Crippen molar-refractivity contribution >= 4 is 37.1 Å². The van der Waals surface area contributed by atoms with Crippen LogP contribution in [0, 0.1) is 11.2 Å². The number of halogens is 1. The number of aliphatic hydroxyl groups excluding tert-OH is 1. The predicted octanol–water partition coefficient (Wildman–Crippen LogP) is 2.90. The normalized spacial score (nSPS) is 19.6. The maximum absolute atomic E-state index is 13.5. The fourth-order valence-corrected chi connectivity index (χ4v) is 6.16. The van der Waals surface area contributed by atoms with Crippen LogP contribution in [0.25, 0.3) is 0 Å². The van der Waals surface area contributed by atoms with Crippen LogP contribution in [0.3, 0.4) is 0 Å². The fraction of sp³-hybridized carbons (Fsp3) is 0.304. The Hall–Kier alpha value is -3.45. The Labute approximate surface area is 208 Å². The number of nitrogens with zero attached hydrogens (tertiary/aromatic N) is 2. The molecule has 0 saturated heterocycles. The Balaban J connectivity index is 1.74. The third-order valence-electron chi connectivity index (χ3n) is 5.65. The van der Waals surface area contributed by atoms with Crippen molar-refractivity contribution < 1.29 is 31.1 Å². The highest BCUT2D eigenvalue weighted by Crippen LogP contribution is 2.42. The number of aliphatic hydroxyl groups is 1. The van der Waals surface area contributed by atoms with Gasteiger partial charge in [-0.2, -0.15) is 0 Å². The van der Waals surface area contributed by atoms with E-state index in [0.29, 0.717) is 5.69 Å². The molecule has 13 heteroatoms. The van der Waals surface area contributed by atoms with E-state index in [4.69, 9.17) is 0 Å². The highest BCUT2D eigenvalue weighted by atomic mass is 32.2. The second-order valence-corrected chi connectivity index (χ2v) is 13.2. The van der Waals surface area contributed by atoms with Gasteiger partial charge in [-0.3, -0.25) is 14.5 Å². The number of hydrogen-bond acceptors (Lipinski definition) is 8. The van der Waals surface area contributed by atoms with Crippen LogP contribution in [0.1, 0.15) is 26.5 Å². The van der Waals surface area contributed by atoms with Gasteiger partial charge >= 0.3 is 0 Å². The lowest BCUT2D eigenvalue weighted by Gasteiger charge is -2.35. The van der Waals surface area contributed by atoms with Gasteiger partial charge in [0.25, 0.3) is 5.91 Å². The first-order valence-corrected chi connectivity index (χ1v) is 14.2. The number of pyridine rings is 1. The lowest BCUT2D eigenvalue weighted by molar-refractivity contribution is -0.129. The molecule has 1 aromatic heterocycles. The number of sulfone groups is 1. The van der Waals surface area contributed by atoms with E-state index in [2.05, 4.69) is 15.0 Å². The van der Waals surface area contributed by atoms with E-state index in [0.717, 1.165) is 17.9 Å². The van der Waals surface area contributed by atoms with Gasteiger partial charge in [0.1, 0.15) is 17.1 Å². The summed E-state index contributed by atoms with van der Waals surface area (Å²) in [7, 11) is -7.75. The zero-order valence-electron chi connectivity index (χ0n) is 19.9. The lowest BCUT2D eigenvalue weighted by Crippen LogP contribution is -2.43. The molecule has 0 unspecified atom stereocenters. The van der Waals surface area contributed by atoms with Gasteiger partial charge in [-0.1, -0.05) is 20.8 Å². The van der Waals surface area contributed by atoms with E-state index in [1.807, 2.05) is 20.8 Å². The maximum atomic E-state index is 13.5. The molecule has 10 nitrogen and oxygen atoms in total. The molecule has 4 rings (SSSR count). The van der Waals surface area contributed by atoms with E-state index in [-0.39, 0.29) is 39.8 Å². The predicted molar refractivity (Wildman–Crippen MR) is 131 cm³/mol. The molecule has 2 aliphatic rings. The molecule has 192 valence electrons. The summed E-state index contributed by atoms with van der Waals surface area (Å²) >= 11 is 0. The summed E-state index contributed by atoms with van der Waals surface area (Å²) in [6, 6.07) is 5.75. The second kappa shape index (κ2) is 8.59. The van der Waals surface area contributed by atoms with Gasteiger partial charge in [-0.15, -0.1) is 0 Å². The minimum absolute atomic E-state index is 0.0360. The van der Waals surface area contributed by atoms with Crippen LogP contribution >= 0.6 is 0 Å². The number of anilines is 2. The Kier molecular flexibility index (Phi) is 6.12. The smallest absolute Gasteiger partial charge is 0.260 e. The molecule has 36 heavy (non-hydrogen) atoms. The number of carbonyl (C=O) groups is 1. The highest BCUT2D eigenvalue weighted by Gasteiger charge is 2.47. The van der Waals surface area contributed by atoms with Crippen molar-refractivity contribution in [3.05, 3.63) is 70.5 Å². The summed E-state index contributed by atoms with van der Waals surface area (Å²) in [6.45, 7) is 5.42. The first-order valence-electron chi connectivity index (χ1n) is 10.8. The molecule has 1 aromatic carbocycles. The molecule has 0 radical (unpaired) electrons. The molecular formula is C23H25FN4O6S2. The number of carbonyl (C=O) groups excluding carboxylic acids is 1. The van der Waals surface area contributed by atoms with Crippen LogP contribution in [0.4, 0.5) is 15.8 Å². The van der Waals surface area contributed by atoms with Crippen LogP contribution in [-0.4, -0.2) is 50.0 Å². The van der Waals surface area contributed by atoms with Crippen molar-refractivity contribution in [3.63, 3.8) is 0 Å². The number of rotatable bonds is 5. The molecule has 1 amide bonds. The van der Waals surface area contributed by atoms with Crippen LogP contribution < -0.4 is 10.0 Å². The molecule has 3 heterocycles. The van der Waals surface area contributed by atoms with Crippen molar-refractivity contribution in [1.29, 1.82) is 0 Å². The molecule has 2 aromatic rings. The van der Waals surface area contributed by atoms with Crippen molar-refractivity contribution in [3.8, 4) is 0 Å². The van der Waals surface area contributed by atoms with Gasteiger partial charge in [0, 0.05) is 5.69 Å². The van der Waals surface area contributed by atoms with Crippen molar-refractivity contribution in [2.24, 2.45) is 5.41 Å². The molecule has 1 atom stereocenters. The van der Waals surface area contributed by atoms with Gasteiger partial charge in [0.05, 0.1) is 52.4 Å². The Morgan fingerprint density at radius 3 is 2.50 bits per heavy atom. The topological polar surface area (TPSA) is 146 Å². The third-order valence-corrected chi connectivity index (χ3v) is 7.75. The molecule has 0 bridgehead atoms. The van der Waals surface area contributed by atoms with Gasteiger partial charge in [-0.05, 0) is 35.7 Å². The maximum Gasteiger partial charge on any atom is 0.260 e. The third kappa shape index (κ3) is 4.93. The van der Waals surface area contributed by atoms with E-state index in [9.17, 15) is 31.1 Å². The summed E-state index contributed by atoms with van der Waals surface area (Å²) in [5.74, 6) is -1.45. The Bertz CT molecular complexity index is 1530. The van der Waals surface area contributed by atoms with Gasteiger partial charge < -0.3 is 15.3 Å². The Morgan fingerprint density at radius 1 is 1.22 bits per heavy atom. The second-order valence-electron chi connectivity index (χ2n) is 9.72. The molecular weight excluding hydrogens is 511 g/mol. The minimum atomic E-state index is -4.12. The van der Waals surface area contributed by atoms with Gasteiger partial charge in [0.15, 0.2) is 0 Å². The quantitative estimate of drug-likeness (QED) is 0.529. The number of benzene rings is 1. The first kappa shape index (κ1) is 25.6. The number of hydrogen-bond donors (Lipinski definition) is 3. The SMILES string of the molecule is CC(C)(C)[C@H]1C(O)=C(C2=CS(=O)(=O)c3cc(NS(C)(=O)=O)ccc3N2)C(=O)N1Cc1ccc(F)cn1. The number of aromatic nitrogens is 1. The van der Waals surface area contributed by atoms with Gasteiger partial charge in [0.2, 0.25) is 19.9 Å². The van der Waals surface area contributed by atoms with Crippen molar-refractivity contribution in [2.45, 2.75) is 38.3 Å². The van der Waals surface area contributed by atoms with E-state index < -0.39 is 43.0 Å². The number of fused-ring (bicyclic) bond motifs is 1. The molecule has 2 aliphatic heterocycles. The van der Waals surface area contributed by atoms with Crippen LogP contribution in [0.15, 0.2) is 63.9 Å². The first-order chi connectivity index (χ1) is 16.6. The van der Waals surface area contributed by atoms with E-state index in [1.54, 1.807) is 0 Å². The molecule has 3 N–H and O–H groups in total. The number of sulfonamides is 1. The van der Waals surface area contributed by atoms with E-state index in [1.165, 1.54) is 35.2 Å². The van der Waals surface area contributed by atoms with Crippen molar-refractivity contribution in [2.75, 3.05) is 16.3 Å². The monoisotopic (exact) mass is 536 g/mol. The summed E-state index contributed by atoms with van der Waals surface area (Å²) in [6.07, 6.45) is 1.97. The molecule has 0 saturated carbocycles. The molecule has 0 spiro atoms.